The van der Waals surface area contributed by atoms with Gasteiger partial charge in [-0.1, -0.05) is 13.0 Å². The molecular formula is C27H23N5. The summed E-state index contributed by atoms with van der Waals surface area (Å²) in [5.74, 6) is 0. The summed E-state index contributed by atoms with van der Waals surface area (Å²) in [6.45, 7) is 2.19. The second kappa shape index (κ2) is 7.46. The van der Waals surface area contributed by atoms with Crippen LogP contribution < -0.4 is 21.4 Å². The zero-order valence-electron chi connectivity index (χ0n) is 17.7. The van der Waals surface area contributed by atoms with Crippen molar-refractivity contribution < 1.29 is 0 Å². The number of hydrogen-bond acceptors (Lipinski definition) is 1. The zero-order valence-corrected chi connectivity index (χ0v) is 17.7. The first-order valence-corrected chi connectivity index (χ1v) is 10.9. The predicted octanol–water partition coefficient (Wildman–Crippen LogP) is 2.25. The Hall–Kier alpha value is -4.25. The van der Waals surface area contributed by atoms with Crippen molar-refractivity contribution in [3.63, 3.8) is 0 Å². The Bertz CT molecular complexity index is 1660. The van der Waals surface area contributed by atoms with Crippen molar-refractivity contribution >= 4 is 24.3 Å². The van der Waals surface area contributed by atoms with Crippen LogP contribution in [0.3, 0.4) is 0 Å². The molecule has 0 aliphatic carbocycles. The molecule has 6 heterocycles. The van der Waals surface area contributed by atoms with Gasteiger partial charge in [0.05, 0.1) is 11.0 Å². The van der Waals surface area contributed by atoms with E-state index >= 15 is 0 Å². The van der Waals surface area contributed by atoms with Crippen molar-refractivity contribution in [3.8, 4) is 11.3 Å². The van der Waals surface area contributed by atoms with E-state index in [1.54, 1.807) is 0 Å². The van der Waals surface area contributed by atoms with Gasteiger partial charge < -0.3 is 19.9 Å². The minimum Gasteiger partial charge on any atom is -0.355 e. The van der Waals surface area contributed by atoms with Crippen molar-refractivity contribution in [1.82, 2.24) is 24.9 Å². The first kappa shape index (κ1) is 18.5. The molecule has 0 amide bonds. The van der Waals surface area contributed by atoms with Gasteiger partial charge in [-0.15, -0.1) is 0 Å². The quantitative estimate of drug-likeness (QED) is 0.343. The fourth-order valence-corrected chi connectivity index (χ4v) is 4.42. The van der Waals surface area contributed by atoms with E-state index in [0.717, 1.165) is 61.9 Å². The van der Waals surface area contributed by atoms with E-state index in [1.165, 1.54) is 5.56 Å². The van der Waals surface area contributed by atoms with Gasteiger partial charge in [0.2, 0.25) is 0 Å². The Labute approximate surface area is 184 Å². The maximum Gasteiger partial charge on any atom is 0.0726 e. The Balaban J connectivity index is 1.69. The number of aromatic amines is 4. The smallest absolute Gasteiger partial charge is 0.0726 e. The summed E-state index contributed by atoms with van der Waals surface area (Å²) in [6.07, 6.45) is 11.3. The number of hydrogen-bond donors (Lipinski definition) is 4. The molecule has 1 aliphatic rings. The third kappa shape index (κ3) is 3.34. The van der Waals surface area contributed by atoms with Gasteiger partial charge in [0.1, 0.15) is 0 Å². The molecule has 0 saturated heterocycles. The third-order valence-electron chi connectivity index (χ3n) is 5.86. The van der Waals surface area contributed by atoms with Gasteiger partial charge in [0.25, 0.3) is 0 Å². The van der Waals surface area contributed by atoms with Gasteiger partial charge in [-0.2, -0.15) is 0 Å². The topological polar surface area (TPSA) is 76.0 Å². The van der Waals surface area contributed by atoms with E-state index in [0.29, 0.717) is 0 Å². The number of nitrogens with one attached hydrogen (secondary N) is 4. The van der Waals surface area contributed by atoms with Crippen LogP contribution in [0.15, 0.2) is 60.8 Å². The van der Waals surface area contributed by atoms with Crippen molar-refractivity contribution in [2.75, 3.05) is 0 Å². The van der Waals surface area contributed by atoms with E-state index in [2.05, 4.69) is 98.6 Å². The molecule has 5 heteroatoms. The van der Waals surface area contributed by atoms with Crippen LogP contribution in [-0.2, 0) is 6.42 Å². The molecule has 0 spiro atoms. The largest absolute Gasteiger partial charge is 0.355 e. The lowest BCUT2D eigenvalue weighted by Gasteiger charge is -2.01. The van der Waals surface area contributed by atoms with E-state index in [9.17, 15) is 0 Å². The highest BCUT2D eigenvalue weighted by atomic mass is 14.8. The second-order valence-electron chi connectivity index (χ2n) is 8.06. The Morgan fingerprint density at radius 1 is 0.625 bits per heavy atom. The fraction of sp³-hybridized carbons (Fsp3) is 0.0741. The third-order valence-corrected chi connectivity index (χ3v) is 5.86. The monoisotopic (exact) mass is 417 g/mol. The van der Waals surface area contributed by atoms with E-state index in [4.69, 9.17) is 0 Å². The van der Waals surface area contributed by atoms with Crippen molar-refractivity contribution in [3.05, 3.63) is 111 Å². The van der Waals surface area contributed by atoms with Crippen LogP contribution in [0.25, 0.3) is 35.6 Å². The lowest BCUT2D eigenvalue weighted by molar-refractivity contribution is 1.11. The predicted molar refractivity (Wildman–Crippen MR) is 129 cm³/mol. The summed E-state index contributed by atoms with van der Waals surface area (Å²) >= 11 is 0. The highest BCUT2D eigenvalue weighted by Gasteiger charge is 2.12. The van der Waals surface area contributed by atoms with Gasteiger partial charge >= 0.3 is 0 Å². The summed E-state index contributed by atoms with van der Waals surface area (Å²) < 4.78 is 0. The lowest BCUT2D eigenvalue weighted by Crippen LogP contribution is -2.12. The van der Waals surface area contributed by atoms with E-state index < -0.39 is 0 Å². The molecule has 4 N–H and O–H groups in total. The van der Waals surface area contributed by atoms with Crippen LogP contribution in [0.2, 0.25) is 0 Å². The summed E-state index contributed by atoms with van der Waals surface area (Å²) in [5.41, 5.74) is 7.58. The summed E-state index contributed by atoms with van der Waals surface area (Å²) in [4.78, 5) is 18.8. The summed E-state index contributed by atoms with van der Waals surface area (Å²) in [5, 5.41) is 4.26. The molecule has 0 aromatic carbocycles. The molecule has 6 rings (SSSR count). The van der Waals surface area contributed by atoms with Crippen LogP contribution in [0.4, 0.5) is 0 Å². The number of fused-ring (bicyclic) bond motifs is 8. The average Bonchev–Trinajstić information content (AvgIpc) is 3.58. The van der Waals surface area contributed by atoms with Crippen LogP contribution in [0, 0.1) is 0 Å². The molecule has 5 nitrogen and oxygen atoms in total. The molecule has 8 bridgehead atoms. The molecule has 0 saturated carbocycles. The SMILES string of the molecule is CCc1c(-c2ccccn2)c2[nH]c1=Cc1ccc([nH]1)C=c1ccc([nH]1)=Cc1ccc([nH]1)C=2. The highest BCUT2D eigenvalue weighted by Crippen LogP contribution is 2.17. The molecule has 5 aromatic heterocycles. The molecule has 5 aromatic rings. The van der Waals surface area contributed by atoms with E-state index in [1.807, 2.05) is 18.3 Å². The minimum absolute atomic E-state index is 0.899. The number of rotatable bonds is 2. The Morgan fingerprint density at radius 2 is 1.25 bits per heavy atom. The van der Waals surface area contributed by atoms with Gasteiger partial charge in [-0.25, -0.2) is 0 Å². The fourth-order valence-electron chi connectivity index (χ4n) is 4.42. The summed E-state index contributed by atoms with van der Waals surface area (Å²) in [6, 6.07) is 18.7. The van der Waals surface area contributed by atoms with Crippen LogP contribution in [0.5, 0.6) is 0 Å². The van der Waals surface area contributed by atoms with E-state index in [-0.39, 0.29) is 0 Å². The maximum atomic E-state index is 4.66. The first-order chi connectivity index (χ1) is 15.7. The molecule has 32 heavy (non-hydrogen) atoms. The minimum atomic E-state index is 0.899. The van der Waals surface area contributed by atoms with Crippen molar-refractivity contribution in [1.29, 1.82) is 0 Å². The second-order valence-corrected chi connectivity index (χ2v) is 8.06. The van der Waals surface area contributed by atoms with Gasteiger partial charge in [-0.3, -0.25) is 4.98 Å². The zero-order chi connectivity index (χ0) is 21.5. The van der Waals surface area contributed by atoms with Gasteiger partial charge in [0.15, 0.2) is 0 Å². The number of pyridine rings is 1. The van der Waals surface area contributed by atoms with Crippen molar-refractivity contribution in [2.45, 2.75) is 13.3 Å². The normalized spacial score (nSPS) is 12.4. The van der Waals surface area contributed by atoms with Crippen LogP contribution in [0.1, 0.15) is 35.3 Å². The molecule has 156 valence electrons. The summed E-state index contributed by atoms with van der Waals surface area (Å²) in [7, 11) is 0. The standard InChI is InChI=1S/C27H23N5/c1-2-23-25-15-21-10-8-19(30-21)13-17-6-7-18(29-17)14-20-9-11-22(31-20)16-26(32-25)27(23)24-5-3-4-12-28-24/h3-16,29-32H,2H2,1H3. The van der Waals surface area contributed by atoms with Crippen LogP contribution in [-0.4, -0.2) is 24.9 Å². The van der Waals surface area contributed by atoms with Gasteiger partial charge in [0, 0.05) is 50.6 Å². The van der Waals surface area contributed by atoms with Gasteiger partial charge in [-0.05, 0) is 84.8 Å². The molecule has 0 radical (unpaired) electrons. The molecule has 0 unspecified atom stereocenters. The highest BCUT2D eigenvalue weighted by molar-refractivity contribution is 5.69. The molecule has 0 atom stereocenters. The van der Waals surface area contributed by atoms with Crippen molar-refractivity contribution in [2.24, 2.45) is 0 Å². The average molecular weight is 418 g/mol. The lowest BCUT2D eigenvalue weighted by atomic mass is 10.0. The van der Waals surface area contributed by atoms with Crippen LogP contribution >= 0.6 is 0 Å². The molecule has 0 fully saturated rings. The number of nitrogens with zero attached hydrogens (tertiary/aromatic N) is 1. The first-order valence-electron chi connectivity index (χ1n) is 10.9. The Kier molecular flexibility index (Phi) is 4.32. The Morgan fingerprint density at radius 3 is 1.84 bits per heavy atom. The molecule has 1 aliphatic heterocycles. The number of aromatic nitrogens is 5. The number of H-pyrrole nitrogens is 4. The molecular weight excluding hydrogens is 394 g/mol. The maximum absolute atomic E-state index is 4.66.